The molecule has 0 aliphatic heterocycles. The molecule has 1 nitrogen and oxygen atoms in total. The molecule has 2 N–H and O–H groups in total. The molecule has 0 amide bonds. The molecular weight excluding hydrogens is 225 g/mol. The van der Waals surface area contributed by atoms with Crippen molar-refractivity contribution in [3.8, 4) is 0 Å². The van der Waals surface area contributed by atoms with E-state index in [0.29, 0.717) is 4.05 Å². The zero-order valence-corrected chi connectivity index (χ0v) is 7.80. The SMILES string of the molecule is NC(I)CC1CCCC1. The Morgan fingerprint density at radius 1 is 1.44 bits per heavy atom. The van der Waals surface area contributed by atoms with Crippen LogP contribution >= 0.6 is 22.6 Å². The average molecular weight is 239 g/mol. The third-order valence-corrected chi connectivity index (χ3v) is 2.54. The van der Waals surface area contributed by atoms with Gasteiger partial charge >= 0.3 is 0 Å². The summed E-state index contributed by atoms with van der Waals surface area (Å²) >= 11 is 2.31. The summed E-state index contributed by atoms with van der Waals surface area (Å²) in [6.45, 7) is 0. The Morgan fingerprint density at radius 3 is 2.44 bits per heavy atom. The molecule has 1 unspecified atom stereocenters. The number of rotatable bonds is 2. The highest BCUT2D eigenvalue weighted by molar-refractivity contribution is 14.1. The molecular formula is C7H14IN. The quantitative estimate of drug-likeness (QED) is 0.446. The van der Waals surface area contributed by atoms with Crippen molar-refractivity contribution in [3.05, 3.63) is 0 Å². The van der Waals surface area contributed by atoms with Crippen molar-refractivity contribution in [2.24, 2.45) is 11.7 Å². The van der Waals surface area contributed by atoms with Crippen molar-refractivity contribution >= 4 is 22.6 Å². The molecule has 0 spiro atoms. The van der Waals surface area contributed by atoms with Gasteiger partial charge in [-0.2, -0.15) is 0 Å². The summed E-state index contributed by atoms with van der Waals surface area (Å²) in [6.07, 6.45) is 6.97. The fourth-order valence-corrected chi connectivity index (χ4v) is 2.28. The molecule has 1 rings (SSSR count). The zero-order chi connectivity index (χ0) is 6.69. The molecule has 1 fully saturated rings. The van der Waals surface area contributed by atoms with Crippen LogP contribution in [0.3, 0.4) is 0 Å². The highest BCUT2D eigenvalue weighted by Gasteiger charge is 2.16. The van der Waals surface area contributed by atoms with Crippen LogP contribution in [0.15, 0.2) is 0 Å². The second-order valence-corrected chi connectivity index (χ2v) is 4.50. The van der Waals surface area contributed by atoms with E-state index in [1.165, 1.54) is 32.1 Å². The van der Waals surface area contributed by atoms with Gasteiger partial charge in [-0.05, 0) is 12.3 Å². The standard InChI is InChI=1S/C7H14IN/c8-7(9)5-6-3-1-2-4-6/h6-7H,1-5,9H2. The largest absolute Gasteiger partial charge is 0.320 e. The smallest absolute Gasteiger partial charge is 0.0571 e. The van der Waals surface area contributed by atoms with Crippen molar-refractivity contribution in [1.29, 1.82) is 0 Å². The van der Waals surface area contributed by atoms with E-state index >= 15 is 0 Å². The number of alkyl halides is 1. The molecule has 0 aromatic rings. The molecule has 0 radical (unpaired) electrons. The Labute approximate surface area is 70.5 Å². The Balaban J connectivity index is 2.11. The van der Waals surface area contributed by atoms with Gasteiger partial charge < -0.3 is 5.73 Å². The van der Waals surface area contributed by atoms with E-state index in [9.17, 15) is 0 Å². The summed E-state index contributed by atoms with van der Waals surface area (Å²) in [4.78, 5) is 0. The molecule has 0 heterocycles. The Hall–Kier alpha value is 0.690. The molecule has 1 aliphatic carbocycles. The minimum atomic E-state index is 0.394. The monoisotopic (exact) mass is 239 g/mol. The molecule has 9 heavy (non-hydrogen) atoms. The maximum atomic E-state index is 5.66. The second-order valence-electron chi connectivity index (χ2n) is 2.90. The predicted molar refractivity (Wildman–Crippen MR) is 48.6 cm³/mol. The minimum Gasteiger partial charge on any atom is -0.320 e. The lowest BCUT2D eigenvalue weighted by Crippen LogP contribution is -2.14. The molecule has 0 aromatic heterocycles. The van der Waals surface area contributed by atoms with E-state index < -0.39 is 0 Å². The van der Waals surface area contributed by atoms with E-state index in [4.69, 9.17) is 5.73 Å². The van der Waals surface area contributed by atoms with Gasteiger partial charge in [-0.15, -0.1) is 0 Å². The highest BCUT2D eigenvalue weighted by atomic mass is 127. The summed E-state index contributed by atoms with van der Waals surface area (Å²) in [7, 11) is 0. The van der Waals surface area contributed by atoms with E-state index in [-0.39, 0.29) is 0 Å². The van der Waals surface area contributed by atoms with Crippen molar-refractivity contribution < 1.29 is 0 Å². The summed E-state index contributed by atoms with van der Waals surface area (Å²) in [5, 5.41) is 0. The van der Waals surface area contributed by atoms with Crippen LogP contribution in [-0.4, -0.2) is 4.05 Å². The molecule has 0 bridgehead atoms. The molecule has 54 valence electrons. The van der Waals surface area contributed by atoms with Crippen LogP contribution in [0, 0.1) is 5.92 Å². The van der Waals surface area contributed by atoms with Crippen LogP contribution in [0.4, 0.5) is 0 Å². The maximum Gasteiger partial charge on any atom is 0.0571 e. The minimum absolute atomic E-state index is 0.394. The van der Waals surface area contributed by atoms with E-state index in [1.807, 2.05) is 0 Å². The summed E-state index contributed by atoms with van der Waals surface area (Å²) in [6, 6.07) is 0. The Morgan fingerprint density at radius 2 is 2.00 bits per heavy atom. The maximum absolute atomic E-state index is 5.66. The summed E-state index contributed by atoms with van der Waals surface area (Å²) in [5.41, 5.74) is 5.66. The molecule has 0 saturated heterocycles. The van der Waals surface area contributed by atoms with Gasteiger partial charge in [0.15, 0.2) is 0 Å². The zero-order valence-electron chi connectivity index (χ0n) is 5.65. The van der Waals surface area contributed by atoms with Gasteiger partial charge in [0.05, 0.1) is 4.05 Å². The van der Waals surface area contributed by atoms with E-state index in [0.717, 1.165) is 5.92 Å². The van der Waals surface area contributed by atoms with Crippen LogP contribution in [-0.2, 0) is 0 Å². The first-order valence-corrected chi connectivity index (χ1v) is 4.93. The van der Waals surface area contributed by atoms with Crippen LogP contribution in [0.2, 0.25) is 0 Å². The Kier molecular flexibility index (Phi) is 3.26. The summed E-state index contributed by atoms with van der Waals surface area (Å²) < 4.78 is 0.394. The first kappa shape index (κ1) is 7.79. The van der Waals surface area contributed by atoms with Crippen LogP contribution in [0.5, 0.6) is 0 Å². The van der Waals surface area contributed by atoms with Gasteiger partial charge in [0.1, 0.15) is 0 Å². The number of hydrogen-bond donors (Lipinski definition) is 1. The van der Waals surface area contributed by atoms with Gasteiger partial charge in [0.2, 0.25) is 0 Å². The topological polar surface area (TPSA) is 26.0 Å². The van der Waals surface area contributed by atoms with E-state index in [1.54, 1.807) is 0 Å². The molecule has 1 atom stereocenters. The van der Waals surface area contributed by atoms with Crippen molar-refractivity contribution in [1.82, 2.24) is 0 Å². The van der Waals surface area contributed by atoms with Crippen LogP contribution < -0.4 is 5.73 Å². The highest BCUT2D eigenvalue weighted by Crippen LogP contribution is 2.28. The molecule has 1 aliphatic rings. The second kappa shape index (κ2) is 3.76. The van der Waals surface area contributed by atoms with Crippen molar-refractivity contribution in [2.45, 2.75) is 36.2 Å². The van der Waals surface area contributed by atoms with Crippen molar-refractivity contribution in [2.75, 3.05) is 0 Å². The first-order valence-electron chi connectivity index (χ1n) is 3.68. The predicted octanol–water partition coefficient (Wildman–Crippen LogP) is 2.29. The normalized spacial score (nSPS) is 24.7. The lowest BCUT2D eigenvalue weighted by molar-refractivity contribution is 0.504. The number of hydrogen-bond acceptors (Lipinski definition) is 1. The van der Waals surface area contributed by atoms with Crippen molar-refractivity contribution in [3.63, 3.8) is 0 Å². The lowest BCUT2D eigenvalue weighted by atomic mass is 10.1. The third-order valence-electron chi connectivity index (χ3n) is 2.03. The van der Waals surface area contributed by atoms with E-state index in [2.05, 4.69) is 22.6 Å². The molecule has 1 saturated carbocycles. The van der Waals surface area contributed by atoms with Gasteiger partial charge in [0, 0.05) is 0 Å². The lowest BCUT2D eigenvalue weighted by Gasteiger charge is -2.09. The summed E-state index contributed by atoms with van der Waals surface area (Å²) in [5.74, 6) is 0.955. The number of halogens is 1. The first-order chi connectivity index (χ1) is 4.29. The van der Waals surface area contributed by atoms with Crippen LogP contribution in [0.25, 0.3) is 0 Å². The molecule has 0 aromatic carbocycles. The van der Waals surface area contributed by atoms with Gasteiger partial charge in [0.25, 0.3) is 0 Å². The third kappa shape index (κ3) is 2.85. The van der Waals surface area contributed by atoms with Gasteiger partial charge in [-0.3, -0.25) is 0 Å². The number of nitrogens with two attached hydrogens (primary N) is 1. The molecule has 2 heteroatoms. The Bertz CT molecular complexity index is 77.0. The van der Waals surface area contributed by atoms with Gasteiger partial charge in [-0.1, -0.05) is 48.3 Å². The fraction of sp³-hybridized carbons (Fsp3) is 1.00. The van der Waals surface area contributed by atoms with Crippen LogP contribution in [0.1, 0.15) is 32.1 Å². The average Bonchev–Trinajstić information content (AvgIpc) is 2.15. The van der Waals surface area contributed by atoms with Gasteiger partial charge in [-0.25, -0.2) is 0 Å². The fourth-order valence-electron chi connectivity index (χ4n) is 1.56.